The fraction of sp³-hybridized carbons (Fsp3) is 0.444. The summed E-state index contributed by atoms with van der Waals surface area (Å²) >= 11 is 0. The number of carbonyl (C=O) groups excluding carboxylic acids is 4. The van der Waals surface area contributed by atoms with Crippen LogP contribution in [0.25, 0.3) is 33.4 Å². The van der Waals surface area contributed by atoms with E-state index in [9.17, 15) is 19.2 Å². The Kier molecular flexibility index (Phi) is 11.7. The number of likely N-dealkylation sites (tertiary alicyclic amines) is 1. The Morgan fingerprint density at radius 1 is 1.00 bits per heavy atom. The predicted molar refractivity (Wildman–Crippen MR) is 188 cm³/mol. The number of piperidine rings is 1. The number of ether oxygens (including phenoxy) is 2. The maximum atomic E-state index is 13.7. The van der Waals surface area contributed by atoms with Gasteiger partial charge in [-0.15, -0.1) is 0 Å². The average Bonchev–Trinajstić information content (AvgIpc) is 3.79. The van der Waals surface area contributed by atoms with E-state index in [0.717, 1.165) is 64.9 Å². The minimum absolute atomic E-state index is 0.117. The fourth-order valence-electron chi connectivity index (χ4n) is 6.25. The second-order valence-corrected chi connectivity index (χ2v) is 12.7. The first-order valence-electron chi connectivity index (χ1n) is 17.0. The van der Waals surface area contributed by atoms with E-state index in [1.165, 1.54) is 14.2 Å². The highest BCUT2D eigenvalue weighted by molar-refractivity contribution is 5.87. The number of nitrogens with zero attached hydrogens (tertiary/aromatic N) is 4. The van der Waals surface area contributed by atoms with Crippen molar-refractivity contribution in [3.8, 4) is 22.4 Å². The number of fused-ring (bicyclic) bond motifs is 1. The molecule has 4 aromatic rings. The van der Waals surface area contributed by atoms with Gasteiger partial charge in [0.05, 0.1) is 49.7 Å². The Hall–Kier alpha value is -5.40. The summed E-state index contributed by atoms with van der Waals surface area (Å²) < 4.78 is 9.34. The van der Waals surface area contributed by atoms with Crippen molar-refractivity contribution >= 4 is 35.0 Å². The molecule has 1 aliphatic heterocycles. The number of amides is 4. The molecule has 1 aliphatic rings. The van der Waals surface area contributed by atoms with E-state index in [1.807, 2.05) is 56.0 Å². The summed E-state index contributed by atoms with van der Waals surface area (Å²) in [6, 6.07) is 13.2. The Labute approximate surface area is 291 Å². The van der Waals surface area contributed by atoms with Crippen LogP contribution in [0.1, 0.15) is 64.1 Å². The molecule has 0 aliphatic carbocycles. The van der Waals surface area contributed by atoms with Gasteiger partial charge in [0.1, 0.15) is 24.2 Å². The van der Waals surface area contributed by atoms with Crippen LogP contribution < -0.4 is 10.6 Å². The van der Waals surface area contributed by atoms with Crippen molar-refractivity contribution in [2.24, 2.45) is 5.92 Å². The summed E-state index contributed by atoms with van der Waals surface area (Å²) in [5.41, 5.74) is 5.40. The number of nitrogens with one attached hydrogen (secondary N) is 4. The third-order valence-corrected chi connectivity index (χ3v) is 8.88. The lowest BCUT2D eigenvalue weighted by atomic mass is 9.97. The number of aromatic nitrogens is 4. The molecule has 5 rings (SSSR count). The molecule has 2 aromatic heterocycles. The molecule has 0 radical (unpaired) electrons. The van der Waals surface area contributed by atoms with Gasteiger partial charge in [0.2, 0.25) is 11.8 Å². The van der Waals surface area contributed by atoms with Crippen LogP contribution in [0.2, 0.25) is 0 Å². The van der Waals surface area contributed by atoms with Crippen LogP contribution in [0, 0.1) is 5.92 Å². The molecule has 0 spiro atoms. The Bertz CT molecular complexity index is 1820. The number of methoxy groups -OCH3 is 2. The molecule has 4 amide bonds. The van der Waals surface area contributed by atoms with Gasteiger partial charge in [-0.2, -0.15) is 0 Å². The molecule has 1 saturated heterocycles. The van der Waals surface area contributed by atoms with E-state index >= 15 is 0 Å². The summed E-state index contributed by atoms with van der Waals surface area (Å²) in [5.74, 6) is 0.866. The molecule has 0 bridgehead atoms. The predicted octanol–water partition coefficient (Wildman–Crippen LogP) is 5.15. The molecule has 1 fully saturated rings. The van der Waals surface area contributed by atoms with Crippen molar-refractivity contribution in [2.45, 2.75) is 65.1 Å². The van der Waals surface area contributed by atoms with Gasteiger partial charge in [-0.3, -0.25) is 9.59 Å². The molecule has 266 valence electrons. The quantitative estimate of drug-likeness (QED) is 0.158. The van der Waals surface area contributed by atoms with E-state index < -0.39 is 18.2 Å². The monoisotopic (exact) mass is 686 g/mol. The number of rotatable bonds is 12. The minimum atomic E-state index is -0.703. The van der Waals surface area contributed by atoms with E-state index in [0.29, 0.717) is 18.9 Å². The maximum Gasteiger partial charge on any atom is 0.407 e. The van der Waals surface area contributed by atoms with Crippen molar-refractivity contribution in [3.05, 3.63) is 60.3 Å². The molecule has 1 unspecified atom stereocenters. The molecule has 2 aromatic carbocycles. The largest absolute Gasteiger partial charge is 0.453 e. The van der Waals surface area contributed by atoms with Crippen LogP contribution in [0.5, 0.6) is 0 Å². The molecular formula is C36H46N8O6. The van der Waals surface area contributed by atoms with Crippen molar-refractivity contribution in [1.29, 1.82) is 0 Å². The molecule has 2 atom stereocenters. The topological polar surface area (TPSA) is 175 Å². The number of benzene rings is 2. The Balaban J connectivity index is 1.33. The van der Waals surface area contributed by atoms with Gasteiger partial charge < -0.3 is 39.9 Å². The fourth-order valence-corrected chi connectivity index (χ4v) is 6.25. The van der Waals surface area contributed by atoms with Gasteiger partial charge in [-0.25, -0.2) is 19.6 Å². The number of aromatic amines is 2. The van der Waals surface area contributed by atoms with E-state index in [4.69, 9.17) is 9.72 Å². The second-order valence-electron chi connectivity index (χ2n) is 12.7. The lowest BCUT2D eigenvalue weighted by Crippen LogP contribution is -2.53. The normalized spacial score (nSPS) is 15.1. The lowest BCUT2D eigenvalue weighted by Gasteiger charge is -2.37. The first-order valence-corrected chi connectivity index (χ1v) is 17.0. The molecule has 0 saturated carbocycles. The summed E-state index contributed by atoms with van der Waals surface area (Å²) in [4.78, 5) is 69.6. The molecule has 3 heterocycles. The van der Waals surface area contributed by atoms with Crippen LogP contribution in [0.15, 0.2) is 48.7 Å². The zero-order valence-corrected chi connectivity index (χ0v) is 29.2. The highest BCUT2D eigenvalue weighted by Gasteiger charge is 2.36. The van der Waals surface area contributed by atoms with Crippen molar-refractivity contribution in [2.75, 3.05) is 33.9 Å². The van der Waals surface area contributed by atoms with E-state index in [-0.39, 0.29) is 36.9 Å². The third kappa shape index (κ3) is 8.41. The zero-order chi connectivity index (χ0) is 35.8. The Morgan fingerprint density at radius 3 is 2.50 bits per heavy atom. The van der Waals surface area contributed by atoms with Crippen LogP contribution in [0.4, 0.5) is 9.59 Å². The van der Waals surface area contributed by atoms with Crippen LogP contribution in [0.3, 0.4) is 0 Å². The number of imidazole rings is 2. The van der Waals surface area contributed by atoms with Gasteiger partial charge in [0.25, 0.3) is 0 Å². The van der Waals surface area contributed by atoms with Crippen LogP contribution >= 0.6 is 0 Å². The highest BCUT2D eigenvalue weighted by Crippen LogP contribution is 2.33. The van der Waals surface area contributed by atoms with Gasteiger partial charge in [0, 0.05) is 18.7 Å². The highest BCUT2D eigenvalue weighted by atomic mass is 16.5. The third-order valence-electron chi connectivity index (χ3n) is 8.88. The molecule has 14 heteroatoms. The van der Waals surface area contributed by atoms with E-state index in [1.54, 1.807) is 11.1 Å². The molecule has 14 nitrogen and oxygen atoms in total. The van der Waals surface area contributed by atoms with Gasteiger partial charge in [-0.05, 0) is 60.9 Å². The maximum absolute atomic E-state index is 13.7. The number of H-pyrrole nitrogens is 2. The van der Waals surface area contributed by atoms with Crippen LogP contribution in [-0.2, 0) is 25.6 Å². The second kappa shape index (κ2) is 16.3. The summed E-state index contributed by atoms with van der Waals surface area (Å²) in [6.07, 6.45) is 3.84. The smallest absolute Gasteiger partial charge is 0.407 e. The van der Waals surface area contributed by atoms with Crippen molar-refractivity contribution in [1.82, 2.24) is 40.4 Å². The first kappa shape index (κ1) is 35.9. The molecular weight excluding hydrogens is 640 g/mol. The minimum Gasteiger partial charge on any atom is -0.453 e. The van der Waals surface area contributed by atoms with Crippen molar-refractivity contribution < 1.29 is 28.7 Å². The lowest BCUT2D eigenvalue weighted by molar-refractivity contribution is -0.138. The summed E-state index contributed by atoms with van der Waals surface area (Å²) in [5, 5.41) is 5.15. The summed E-state index contributed by atoms with van der Waals surface area (Å²) in [7, 11) is 2.54. The van der Waals surface area contributed by atoms with E-state index in [2.05, 4.69) is 42.5 Å². The standard InChI is InChI=1S/C36H46N8O6/c1-6-15-43(31(45)20-38-35(47)49-4)21-30-37-19-28(39-30)25-11-9-10-23(17-25)24-13-14-26-27(18-24)41-33(40-26)29-12-7-8-16-44(29)34(46)32(22(2)3)42-36(48)50-5/h9-11,13-14,17-19,22,29,32H,6-8,12,15-16,20-21H2,1-5H3,(H,37,39)(H,38,47)(H,40,41)(H,42,48)/t29-,32?/m0/s1. The average molecular weight is 687 g/mol. The Morgan fingerprint density at radius 2 is 1.76 bits per heavy atom. The molecule has 4 N–H and O–H groups in total. The number of alkyl carbamates (subject to hydrolysis) is 2. The zero-order valence-electron chi connectivity index (χ0n) is 29.2. The van der Waals surface area contributed by atoms with Gasteiger partial charge in [-0.1, -0.05) is 45.0 Å². The number of hydrogen-bond donors (Lipinski definition) is 4. The number of carbonyl (C=O) groups is 4. The summed E-state index contributed by atoms with van der Waals surface area (Å²) in [6.45, 7) is 7.01. The molecule has 50 heavy (non-hydrogen) atoms. The first-order chi connectivity index (χ1) is 24.1. The van der Waals surface area contributed by atoms with Crippen molar-refractivity contribution in [3.63, 3.8) is 0 Å². The van der Waals surface area contributed by atoms with Gasteiger partial charge >= 0.3 is 12.2 Å². The number of hydrogen-bond acceptors (Lipinski definition) is 8. The SMILES string of the molecule is CCCN(Cc1ncc(-c2cccc(-c3ccc4nc([C@@H]5CCCCN5C(=O)C(NC(=O)OC)C(C)C)[nH]c4c3)c2)[nH]1)C(=O)CNC(=O)OC. The van der Waals surface area contributed by atoms with Crippen LogP contribution in [-0.4, -0.2) is 93.6 Å². The van der Waals surface area contributed by atoms with Gasteiger partial charge in [0.15, 0.2) is 0 Å².